The summed E-state index contributed by atoms with van der Waals surface area (Å²) in [4.78, 5) is 25.7. The van der Waals surface area contributed by atoms with Crippen LogP contribution in [0.2, 0.25) is 5.02 Å². The Balaban J connectivity index is 1.95. The Kier molecular flexibility index (Phi) is 7.15. The number of hydrogen-bond donors (Lipinski definition) is 1. The number of sulfonamides is 1. The SMILES string of the molecule is CN(C)C(=O)C1CCCN1CCCNS(=O)(=O)c1ccc(Cl)cc1[N+](=O)[O-]. The summed E-state index contributed by atoms with van der Waals surface area (Å²) in [6.45, 7) is 1.47. The van der Waals surface area contributed by atoms with Gasteiger partial charge in [-0.2, -0.15) is 0 Å². The van der Waals surface area contributed by atoms with Crippen LogP contribution in [0.25, 0.3) is 0 Å². The van der Waals surface area contributed by atoms with Crippen LogP contribution in [0.4, 0.5) is 5.69 Å². The topological polar surface area (TPSA) is 113 Å². The minimum Gasteiger partial charge on any atom is -0.347 e. The van der Waals surface area contributed by atoms with Gasteiger partial charge in [-0.3, -0.25) is 19.8 Å². The predicted octanol–water partition coefficient (Wildman–Crippen LogP) is 1.47. The molecule has 1 aromatic rings. The van der Waals surface area contributed by atoms with Gasteiger partial charge in [-0.15, -0.1) is 0 Å². The lowest BCUT2D eigenvalue weighted by Crippen LogP contribution is -2.43. The molecule has 1 saturated heterocycles. The molecule has 1 fully saturated rings. The highest BCUT2D eigenvalue weighted by atomic mass is 35.5. The maximum atomic E-state index is 12.4. The number of nitro benzene ring substituents is 1. The number of likely N-dealkylation sites (tertiary alicyclic amines) is 1. The molecule has 11 heteroatoms. The zero-order valence-corrected chi connectivity index (χ0v) is 16.8. The van der Waals surface area contributed by atoms with E-state index in [0.29, 0.717) is 13.0 Å². The number of nitrogens with zero attached hydrogens (tertiary/aromatic N) is 3. The average molecular weight is 419 g/mol. The van der Waals surface area contributed by atoms with Gasteiger partial charge in [0.2, 0.25) is 15.9 Å². The highest BCUT2D eigenvalue weighted by molar-refractivity contribution is 7.89. The van der Waals surface area contributed by atoms with Crippen molar-refractivity contribution in [3.05, 3.63) is 33.3 Å². The van der Waals surface area contributed by atoms with E-state index < -0.39 is 25.5 Å². The van der Waals surface area contributed by atoms with Gasteiger partial charge in [0.15, 0.2) is 4.90 Å². The molecule has 0 bridgehead atoms. The lowest BCUT2D eigenvalue weighted by Gasteiger charge is -2.26. The molecular formula is C16H23ClN4O5S. The summed E-state index contributed by atoms with van der Waals surface area (Å²) in [5.74, 6) is 0.0462. The van der Waals surface area contributed by atoms with E-state index in [1.807, 2.05) is 4.90 Å². The Morgan fingerprint density at radius 3 is 2.78 bits per heavy atom. The third-order valence-electron chi connectivity index (χ3n) is 4.41. The lowest BCUT2D eigenvalue weighted by molar-refractivity contribution is -0.387. The molecular weight excluding hydrogens is 396 g/mol. The second-order valence-corrected chi connectivity index (χ2v) is 8.72. The molecule has 0 saturated carbocycles. The highest BCUT2D eigenvalue weighted by Gasteiger charge is 2.31. The first-order valence-corrected chi connectivity index (χ1v) is 10.4. The fraction of sp³-hybridized carbons (Fsp3) is 0.562. The predicted molar refractivity (Wildman–Crippen MR) is 101 cm³/mol. The Morgan fingerprint density at radius 2 is 2.15 bits per heavy atom. The Labute approximate surface area is 163 Å². The van der Waals surface area contributed by atoms with Crippen LogP contribution < -0.4 is 4.72 Å². The Morgan fingerprint density at radius 1 is 1.44 bits per heavy atom. The third kappa shape index (κ3) is 5.38. The van der Waals surface area contributed by atoms with Gasteiger partial charge in [-0.05, 0) is 37.9 Å². The van der Waals surface area contributed by atoms with E-state index in [0.717, 1.165) is 31.5 Å². The van der Waals surface area contributed by atoms with Crippen LogP contribution in [0.5, 0.6) is 0 Å². The molecule has 0 radical (unpaired) electrons. The first-order chi connectivity index (χ1) is 12.6. The molecule has 1 unspecified atom stereocenters. The summed E-state index contributed by atoms with van der Waals surface area (Å²) in [6, 6.07) is 3.26. The number of rotatable bonds is 8. The molecule has 0 spiro atoms. The molecule has 150 valence electrons. The molecule has 1 N–H and O–H groups in total. The monoisotopic (exact) mass is 418 g/mol. The summed E-state index contributed by atoms with van der Waals surface area (Å²) < 4.78 is 27.2. The minimum atomic E-state index is -4.04. The molecule has 1 atom stereocenters. The second kappa shape index (κ2) is 8.96. The Bertz CT molecular complexity index is 815. The molecule has 27 heavy (non-hydrogen) atoms. The van der Waals surface area contributed by atoms with Gasteiger partial charge in [-0.25, -0.2) is 13.1 Å². The van der Waals surface area contributed by atoms with E-state index in [4.69, 9.17) is 11.6 Å². The Hall–Kier alpha value is -1.75. The van der Waals surface area contributed by atoms with Crippen molar-refractivity contribution < 1.29 is 18.1 Å². The van der Waals surface area contributed by atoms with Gasteiger partial charge < -0.3 is 4.90 Å². The maximum Gasteiger partial charge on any atom is 0.290 e. The molecule has 1 aliphatic rings. The first-order valence-electron chi connectivity index (χ1n) is 8.52. The standard InChI is InChI=1S/C16H23ClN4O5S/c1-19(2)16(22)13-5-3-9-20(13)10-4-8-18-27(25,26)15-7-6-12(17)11-14(15)21(23)24/h6-7,11,13,18H,3-5,8-10H2,1-2H3. The summed E-state index contributed by atoms with van der Waals surface area (Å²) in [5.41, 5.74) is -0.564. The van der Waals surface area contributed by atoms with Crippen LogP contribution >= 0.6 is 11.6 Å². The second-order valence-electron chi connectivity index (χ2n) is 6.55. The van der Waals surface area contributed by atoms with Crippen molar-refractivity contribution in [1.29, 1.82) is 0 Å². The van der Waals surface area contributed by atoms with Crippen LogP contribution in [0, 0.1) is 10.1 Å². The number of nitro groups is 1. The van der Waals surface area contributed by atoms with E-state index in [1.165, 1.54) is 6.07 Å². The van der Waals surface area contributed by atoms with Gasteiger partial charge >= 0.3 is 0 Å². The van der Waals surface area contributed by atoms with Crippen LogP contribution in [-0.4, -0.2) is 68.8 Å². The molecule has 0 aliphatic carbocycles. The number of benzene rings is 1. The van der Waals surface area contributed by atoms with Crippen LogP contribution in [0.1, 0.15) is 19.3 Å². The van der Waals surface area contributed by atoms with Crippen molar-refractivity contribution in [3.8, 4) is 0 Å². The number of carbonyl (C=O) groups excluding carboxylic acids is 1. The van der Waals surface area contributed by atoms with Crippen molar-refractivity contribution in [2.24, 2.45) is 0 Å². The van der Waals surface area contributed by atoms with E-state index in [-0.39, 0.29) is 23.5 Å². The summed E-state index contributed by atoms with van der Waals surface area (Å²) in [5, 5.41) is 11.2. The van der Waals surface area contributed by atoms with Crippen LogP contribution in [0.15, 0.2) is 23.1 Å². The number of likely N-dealkylation sites (N-methyl/N-ethyl adjacent to an activating group) is 1. The van der Waals surface area contributed by atoms with Gasteiger partial charge in [0.25, 0.3) is 5.69 Å². The van der Waals surface area contributed by atoms with Crippen molar-refractivity contribution in [1.82, 2.24) is 14.5 Å². The summed E-state index contributed by atoms with van der Waals surface area (Å²) in [7, 11) is -0.607. The summed E-state index contributed by atoms with van der Waals surface area (Å²) >= 11 is 5.72. The number of amides is 1. The maximum absolute atomic E-state index is 12.4. The first kappa shape index (κ1) is 21.5. The zero-order chi connectivity index (χ0) is 20.2. The van der Waals surface area contributed by atoms with E-state index >= 15 is 0 Å². The van der Waals surface area contributed by atoms with E-state index in [1.54, 1.807) is 19.0 Å². The fourth-order valence-corrected chi connectivity index (χ4v) is 4.49. The van der Waals surface area contributed by atoms with E-state index in [9.17, 15) is 23.3 Å². The zero-order valence-electron chi connectivity index (χ0n) is 15.2. The van der Waals surface area contributed by atoms with Crippen molar-refractivity contribution >= 4 is 33.2 Å². The quantitative estimate of drug-likeness (QED) is 0.388. The van der Waals surface area contributed by atoms with Crippen LogP contribution in [-0.2, 0) is 14.8 Å². The van der Waals surface area contributed by atoms with Gasteiger partial charge in [0.1, 0.15) is 0 Å². The van der Waals surface area contributed by atoms with Crippen molar-refractivity contribution in [2.75, 3.05) is 33.7 Å². The van der Waals surface area contributed by atoms with E-state index in [2.05, 4.69) is 4.72 Å². The smallest absolute Gasteiger partial charge is 0.290 e. The van der Waals surface area contributed by atoms with Gasteiger partial charge in [0.05, 0.1) is 11.0 Å². The highest BCUT2D eigenvalue weighted by Crippen LogP contribution is 2.27. The fourth-order valence-electron chi connectivity index (χ4n) is 3.10. The van der Waals surface area contributed by atoms with Gasteiger partial charge in [-0.1, -0.05) is 11.6 Å². The largest absolute Gasteiger partial charge is 0.347 e. The number of carbonyl (C=O) groups is 1. The third-order valence-corrected chi connectivity index (χ3v) is 6.15. The van der Waals surface area contributed by atoms with Crippen molar-refractivity contribution in [2.45, 2.75) is 30.2 Å². The number of halogens is 1. The molecule has 9 nitrogen and oxygen atoms in total. The average Bonchev–Trinajstić information content (AvgIpc) is 3.06. The van der Waals surface area contributed by atoms with Crippen LogP contribution in [0.3, 0.4) is 0 Å². The molecule has 2 rings (SSSR count). The van der Waals surface area contributed by atoms with Gasteiger partial charge in [0, 0.05) is 38.3 Å². The molecule has 1 aromatic carbocycles. The molecule has 1 amide bonds. The van der Waals surface area contributed by atoms with Crippen molar-refractivity contribution in [3.63, 3.8) is 0 Å². The molecule has 1 heterocycles. The molecule has 0 aromatic heterocycles. The minimum absolute atomic E-state index is 0.0462. The number of hydrogen-bond acceptors (Lipinski definition) is 6. The normalized spacial score (nSPS) is 17.8. The summed E-state index contributed by atoms with van der Waals surface area (Å²) in [6.07, 6.45) is 2.20. The number of nitrogens with one attached hydrogen (secondary N) is 1. The lowest BCUT2D eigenvalue weighted by atomic mass is 10.2. The molecule has 1 aliphatic heterocycles.